The Kier molecular flexibility index (Phi) is 4.53. The second kappa shape index (κ2) is 5.46. The molecular formula is C9H11ClO4S. The van der Waals surface area contributed by atoms with E-state index in [1.807, 2.05) is 0 Å². The van der Waals surface area contributed by atoms with Crippen LogP contribution < -0.4 is 4.74 Å². The van der Waals surface area contributed by atoms with E-state index in [0.29, 0.717) is 21.2 Å². The van der Waals surface area contributed by atoms with Crippen molar-refractivity contribution < 1.29 is 18.2 Å². The Hall–Kier alpha value is -0.620. The summed E-state index contributed by atoms with van der Waals surface area (Å²) in [5, 5.41) is 9.45. The van der Waals surface area contributed by atoms with Gasteiger partial charge in [-0.15, -0.1) is 0 Å². The number of ether oxygens (including phenoxy) is 1. The van der Waals surface area contributed by atoms with Crippen LogP contribution in [0.4, 0.5) is 0 Å². The lowest BCUT2D eigenvalue weighted by molar-refractivity contribution is 0.272. The zero-order valence-corrected chi connectivity index (χ0v) is 9.89. The van der Waals surface area contributed by atoms with Crippen LogP contribution in [-0.4, -0.2) is 23.5 Å². The molecule has 0 heterocycles. The third-order valence-corrected chi connectivity index (χ3v) is 2.99. The number of hydrogen-bond donors (Lipinski definition) is 1. The molecule has 4 nitrogen and oxygen atoms in total. The standard InChI is InChI=1S/C9H11ClO4S/c1-13-9-6(5-11)3-7(10)4-8(9)15(12)14-2/h3-4,11H,5H2,1-2H3. The Morgan fingerprint density at radius 3 is 2.60 bits per heavy atom. The summed E-state index contributed by atoms with van der Waals surface area (Å²) in [7, 11) is 2.74. The highest BCUT2D eigenvalue weighted by molar-refractivity contribution is 7.80. The van der Waals surface area contributed by atoms with E-state index in [1.165, 1.54) is 20.3 Å². The molecule has 1 aromatic carbocycles. The van der Waals surface area contributed by atoms with Gasteiger partial charge in [0.15, 0.2) is 11.1 Å². The van der Waals surface area contributed by atoms with E-state index in [4.69, 9.17) is 21.4 Å². The van der Waals surface area contributed by atoms with Gasteiger partial charge in [0, 0.05) is 10.6 Å². The summed E-state index contributed by atoms with van der Waals surface area (Å²) in [6.07, 6.45) is 0. The Morgan fingerprint density at radius 2 is 2.13 bits per heavy atom. The normalized spacial score (nSPS) is 12.5. The predicted octanol–water partition coefficient (Wildman–Crippen LogP) is 1.51. The highest BCUT2D eigenvalue weighted by atomic mass is 35.5. The quantitative estimate of drug-likeness (QED) is 0.880. The highest BCUT2D eigenvalue weighted by Crippen LogP contribution is 2.30. The molecule has 0 saturated heterocycles. The molecule has 0 aromatic heterocycles. The molecule has 0 bridgehead atoms. The van der Waals surface area contributed by atoms with Crippen LogP contribution in [0.3, 0.4) is 0 Å². The SMILES string of the molecule is COc1c(CO)cc(Cl)cc1S(=O)OC. The summed E-state index contributed by atoms with van der Waals surface area (Å²) in [6, 6.07) is 3.04. The third kappa shape index (κ3) is 2.69. The largest absolute Gasteiger partial charge is 0.495 e. The van der Waals surface area contributed by atoms with Crippen molar-refractivity contribution in [3.63, 3.8) is 0 Å². The maximum atomic E-state index is 11.5. The van der Waals surface area contributed by atoms with Crippen molar-refractivity contribution >= 4 is 22.7 Å². The fourth-order valence-electron chi connectivity index (χ4n) is 1.19. The molecule has 0 radical (unpaired) electrons. The fraction of sp³-hybridized carbons (Fsp3) is 0.333. The molecule has 0 aliphatic rings. The first-order valence-corrected chi connectivity index (χ1v) is 5.52. The second-order valence-corrected chi connectivity index (χ2v) is 4.33. The lowest BCUT2D eigenvalue weighted by Gasteiger charge is -2.11. The first-order chi connectivity index (χ1) is 7.13. The average molecular weight is 251 g/mol. The van der Waals surface area contributed by atoms with Gasteiger partial charge in [-0.05, 0) is 12.1 Å². The van der Waals surface area contributed by atoms with Crippen LogP contribution in [0.25, 0.3) is 0 Å². The Bertz CT molecular complexity index is 381. The van der Waals surface area contributed by atoms with Gasteiger partial charge in [-0.3, -0.25) is 4.18 Å². The topological polar surface area (TPSA) is 55.8 Å². The molecule has 15 heavy (non-hydrogen) atoms. The van der Waals surface area contributed by atoms with Crippen LogP contribution in [0, 0.1) is 0 Å². The van der Waals surface area contributed by atoms with Gasteiger partial charge in [0.25, 0.3) is 0 Å². The number of halogens is 1. The van der Waals surface area contributed by atoms with E-state index in [0.717, 1.165) is 0 Å². The molecule has 0 saturated carbocycles. The number of rotatable bonds is 4. The van der Waals surface area contributed by atoms with E-state index in [-0.39, 0.29) is 6.61 Å². The van der Waals surface area contributed by atoms with E-state index in [2.05, 4.69) is 4.18 Å². The summed E-state index contributed by atoms with van der Waals surface area (Å²) in [5.74, 6) is 0.335. The van der Waals surface area contributed by atoms with E-state index in [9.17, 15) is 4.21 Å². The van der Waals surface area contributed by atoms with Gasteiger partial charge in [0.2, 0.25) is 0 Å². The van der Waals surface area contributed by atoms with E-state index >= 15 is 0 Å². The van der Waals surface area contributed by atoms with Crippen LogP contribution in [0.1, 0.15) is 5.56 Å². The number of benzene rings is 1. The number of hydrogen-bond acceptors (Lipinski definition) is 4. The monoisotopic (exact) mass is 250 g/mol. The molecule has 84 valence electrons. The number of aliphatic hydroxyl groups is 1. The Labute approximate surface area is 95.4 Å². The molecule has 0 aliphatic carbocycles. The van der Waals surface area contributed by atoms with Gasteiger partial charge in [0.05, 0.1) is 20.8 Å². The maximum absolute atomic E-state index is 11.5. The van der Waals surface area contributed by atoms with Crippen LogP contribution >= 0.6 is 11.6 Å². The van der Waals surface area contributed by atoms with Gasteiger partial charge in [-0.2, -0.15) is 0 Å². The van der Waals surface area contributed by atoms with Crippen molar-refractivity contribution in [3.8, 4) is 5.75 Å². The Balaban J connectivity index is 3.35. The first kappa shape index (κ1) is 12.4. The summed E-state index contributed by atoms with van der Waals surface area (Å²) >= 11 is 4.16. The van der Waals surface area contributed by atoms with Crippen molar-refractivity contribution in [2.45, 2.75) is 11.5 Å². The maximum Gasteiger partial charge on any atom is 0.192 e. The highest BCUT2D eigenvalue weighted by Gasteiger charge is 2.15. The number of aliphatic hydroxyl groups excluding tert-OH is 1. The van der Waals surface area contributed by atoms with Crippen molar-refractivity contribution in [2.75, 3.05) is 14.2 Å². The summed E-state index contributed by atoms with van der Waals surface area (Å²) < 4.78 is 21.2. The lowest BCUT2D eigenvalue weighted by atomic mass is 10.2. The number of methoxy groups -OCH3 is 1. The van der Waals surface area contributed by atoms with Crippen molar-refractivity contribution in [2.24, 2.45) is 0 Å². The zero-order valence-electron chi connectivity index (χ0n) is 8.32. The fourth-order valence-corrected chi connectivity index (χ4v) is 2.26. The van der Waals surface area contributed by atoms with Crippen LogP contribution in [0.2, 0.25) is 5.02 Å². The zero-order chi connectivity index (χ0) is 11.4. The van der Waals surface area contributed by atoms with Gasteiger partial charge >= 0.3 is 0 Å². The van der Waals surface area contributed by atoms with Gasteiger partial charge in [-0.25, -0.2) is 4.21 Å². The average Bonchev–Trinajstić information content (AvgIpc) is 2.26. The molecule has 6 heteroatoms. The smallest absolute Gasteiger partial charge is 0.192 e. The van der Waals surface area contributed by atoms with Crippen molar-refractivity contribution in [1.29, 1.82) is 0 Å². The minimum Gasteiger partial charge on any atom is -0.495 e. The summed E-state index contributed by atoms with van der Waals surface area (Å²) in [6.45, 7) is -0.238. The van der Waals surface area contributed by atoms with Gasteiger partial charge in [0.1, 0.15) is 10.6 Å². The molecule has 1 atom stereocenters. The van der Waals surface area contributed by atoms with Gasteiger partial charge < -0.3 is 9.84 Å². The van der Waals surface area contributed by atoms with Crippen LogP contribution in [0.15, 0.2) is 17.0 Å². The first-order valence-electron chi connectivity index (χ1n) is 4.07. The predicted molar refractivity (Wildman–Crippen MR) is 57.3 cm³/mol. The molecule has 1 rings (SSSR count). The molecule has 1 aromatic rings. The molecule has 1 unspecified atom stereocenters. The van der Waals surface area contributed by atoms with E-state index in [1.54, 1.807) is 6.07 Å². The molecule has 1 N–H and O–H groups in total. The summed E-state index contributed by atoms with van der Waals surface area (Å²) in [5.41, 5.74) is 0.477. The van der Waals surface area contributed by atoms with E-state index < -0.39 is 11.1 Å². The minimum atomic E-state index is -1.64. The molecule has 0 fully saturated rings. The lowest BCUT2D eigenvalue weighted by Crippen LogP contribution is -2.01. The molecular weight excluding hydrogens is 240 g/mol. The van der Waals surface area contributed by atoms with Crippen molar-refractivity contribution in [3.05, 3.63) is 22.7 Å². The van der Waals surface area contributed by atoms with Gasteiger partial charge in [-0.1, -0.05) is 11.6 Å². The molecule has 0 amide bonds. The minimum absolute atomic E-state index is 0.238. The summed E-state index contributed by atoms with van der Waals surface area (Å²) in [4.78, 5) is 0.316. The second-order valence-electron chi connectivity index (χ2n) is 2.66. The Morgan fingerprint density at radius 1 is 1.47 bits per heavy atom. The molecule has 0 spiro atoms. The van der Waals surface area contributed by atoms with Crippen LogP contribution in [0.5, 0.6) is 5.75 Å². The van der Waals surface area contributed by atoms with Crippen LogP contribution in [-0.2, 0) is 21.9 Å². The third-order valence-electron chi connectivity index (χ3n) is 1.80. The molecule has 0 aliphatic heterocycles. The van der Waals surface area contributed by atoms with Crippen molar-refractivity contribution in [1.82, 2.24) is 0 Å².